The Labute approximate surface area is 114 Å². The van der Waals surface area contributed by atoms with Gasteiger partial charge in [0.05, 0.1) is 18.5 Å². The number of para-hydroxylation sites is 2. The van der Waals surface area contributed by atoms with Crippen molar-refractivity contribution < 1.29 is 4.74 Å². The Bertz CT molecular complexity index is 566. The van der Waals surface area contributed by atoms with E-state index in [1.54, 1.807) is 7.11 Å². The number of aryl methyl sites for hydroxylation is 1. The van der Waals surface area contributed by atoms with E-state index in [1.807, 2.05) is 37.4 Å². The Morgan fingerprint density at radius 3 is 2.53 bits per heavy atom. The van der Waals surface area contributed by atoms with Crippen LogP contribution in [0.1, 0.15) is 11.1 Å². The molecule has 0 amide bonds. The van der Waals surface area contributed by atoms with Crippen LogP contribution >= 0.6 is 0 Å². The van der Waals surface area contributed by atoms with Crippen LogP contribution in [0.3, 0.4) is 0 Å². The lowest BCUT2D eigenvalue weighted by atomic mass is 10.1. The van der Waals surface area contributed by atoms with Crippen LogP contribution in [0.15, 0.2) is 42.5 Å². The lowest BCUT2D eigenvalue weighted by Gasteiger charge is -2.21. The SMILES string of the molecule is COc1ccc(CN(C)c2ccccc2N)cc1C. The summed E-state index contributed by atoms with van der Waals surface area (Å²) >= 11 is 0. The number of methoxy groups -OCH3 is 1. The number of rotatable bonds is 4. The van der Waals surface area contributed by atoms with Gasteiger partial charge < -0.3 is 15.4 Å². The molecule has 3 nitrogen and oxygen atoms in total. The minimum absolute atomic E-state index is 0.801. The molecule has 0 atom stereocenters. The van der Waals surface area contributed by atoms with Gasteiger partial charge in [0.1, 0.15) is 5.75 Å². The number of benzene rings is 2. The number of anilines is 2. The Balaban J connectivity index is 2.17. The molecular formula is C16H20N2O. The summed E-state index contributed by atoms with van der Waals surface area (Å²) in [6.07, 6.45) is 0. The summed E-state index contributed by atoms with van der Waals surface area (Å²) in [5, 5.41) is 0. The third-order valence-electron chi connectivity index (χ3n) is 3.23. The molecule has 3 heteroatoms. The Morgan fingerprint density at radius 2 is 1.89 bits per heavy atom. The van der Waals surface area contributed by atoms with Crippen LogP contribution < -0.4 is 15.4 Å². The van der Waals surface area contributed by atoms with E-state index in [0.29, 0.717) is 0 Å². The van der Waals surface area contributed by atoms with Crippen LogP contribution in [-0.4, -0.2) is 14.2 Å². The van der Waals surface area contributed by atoms with Gasteiger partial charge in [-0.2, -0.15) is 0 Å². The van der Waals surface area contributed by atoms with Crippen molar-refractivity contribution in [3.8, 4) is 5.75 Å². The zero-order valence-corrected chi connectivity index (χ0v) is 11.7. The first-order valence-electron chi connectivity index (χ1n) is 6.31. The van der Waals surface area contributed by atoms with Crippen molar-refractivity contribution in [3.05, 3.63) is 53.6 Å². The van der Waals surface area contributed by atoms with Crippen molar-refractivity contribution in [2.75, 3.05) is 24.8 Å². The fraction of sp³-hybridized carbons (Fsp3) is 0.250. The van der Waals surface area contributed by atoms with Gasteiger partial charge in [0.15, 0.2) is 0 Å². The number of nitrogen functional groups attached to an aromatic ring is 1. The molecule has 0 unspecified atom stereocenters. The number of hydrogen-bond donors (Lipinski definition) is 1. The van der Waals surface area contributed by atoms with Crippen molar-refractivity contribution in [1.29, 1.82) is 0 Å². The minimum atomic E-state index is 0.801. The second-order valence-electron chi connectivity index (χ2n) is 4.72. The fourth-order valence-corrected chi connectivity index (χ4v) is 2.23. The van der Waals surface area contributed by atoms with E-state index in [1.165, 1.54) is 5.56 Å². The van der Waals surface area contributed by atoms with Crippen LogP contribution in [0.25, 0.3) is 0 Å². The molecule has 100 valence electrons. The molecule has 2 N–H and O–H groups in total. The normalized spacial score (nSPS) is 10.3. The maximum atomic E-state index is 5.99. The first-order chi connectivity index (χ1) is 9.11. The molecule has 0 aliphatic carbocycles. The highest BCUT2D eigenvalue weighted by molar-refractivity contribution is 5.67. The van der Waals surface area contributed by atoms with Crippen LogP contribution in [0.5, 0.6) is 5.75 Å². The lowest BCUT2D eigenvalue weighted by Crippen LogP contribution is -2.17. The number of nitrogens with zero attached hydrogens (tertiary/aromatic N) is 1. The first-order valence-corrected chi connectivity index (χ1v) is 6.31. The zero-order valence-electron chi connectivity index (χ0n) is 11.7. The van der Waals surface area contributed by atoms with E-state index in [0.717, 1.165) is 29.2 Å². The molecule has 0 heterocycles. The molecule has 0 aliphatic heterocycles. The van der Waals surface area contributed by atoms with Gasteiger partial charge in [0.25, 0.3) is 0 Å². The van der Waals surface area contributed by atoms with Gasteiger partial charge >= 0.3 is 0 Å². The molecule has 0 aliphatic rings. The third kappa shape index (κ3) is 2.99. The van der Waals surface area contributed by atoms with Crippen molar-refractivity contribution in [2.45, 2.75) is 13.5 Å². The maximum Gasteiger partial charge on any atom is 0.121 e. The maximum absolute atomic E-state index is 5.99. The summed E-state index contributed by atoms with van der Waals surface area (Å²) in [6, 6.07) is 14.1. The average Bonchev–Trinajstić information content (AvgIpc) is 2.39. The number of hydrogen-bond acceptors (Lipinski definition) is 3. The first kappa shape index (κ1) is 13.3. The zero-order chi connectivity index (χ0) is 13.8. The molecule has 0 saturated heterocycles. The second kappa shape index (κ2) is 5.65. The van der Waals surface area contributed by atoms with Crippen LogP contribution in [0.4, 0.5) is 11.4 Å². The topological polar surface area (TPSA) is 38.5 Å². The van der Waals surface area contributed by atoms with Crippen LogP contribution in [-0.2, 0) is 6.54 Å². The van der Waals surface area contributed by atoms with Crippen LogP contribution in [0.2, 0.25) is 0 Å². The predicted octanol–water partition coefficient (Wildman–Crippen LogP) is 3.22. The highest BCUT2D eigenvalue weighted by Gasteiger charge is 2.06. The number of ether oxygens (including phenoxy) is 1. The fourth-order valence-electron chi connectivity index (χ4n) is 2.23. The van der Waals surface area contributed by atoms with Crippen molar-refractivity contribution in [2.24, 2.45) is 0 Å². The van der Waals surface area contributed by atoms with Gasteiger partial charge in [-0.1, -0.05) is 24.3 Å². The highest BCUT2D eigenvalue weighted by atomic mass is 16.5. The standard InChI is InChI=1S/C16H20N2O/c1-12-10-13(8-9-16(12)19-3)11-18(2)15-7-5-4-6-14(15)17/h4-10H,11,17H2,1-3H3. The summed E-state index contributed by atoms with van der Waals surface area (Å²) in [7, 11) is 3.74. The molecule has 2 aromatic rings. The average molecular weight is 256 g/mol. The molecule has 0 bridgehead atoms. The van der Waals surface area contributed by atoms with Gasteiger partial charge in [-0.3, -0.25) is 0 Å². The van der Waals surface area contributed by atoms with Gasteiger partial charge in [-0.25, -0.2) is 0 Å². The molecule has 0 spiro atoms. The molecule has 0 fully saturated rings. The van der Waals surface area contributed by atoms with Gasteiger partial charge in [0, 0.05) is 13.6 Å². The Hall–Kier alpha value is -2.16. The summed E-state index contributed by atoms with van der Waals surface area (Å²) in [4.78, 5) is 2.15. The summed E-state index contributed by atoms with van der Waals surface area (Å²) < 4.78 is 5.28. The van der Waals surface area contributed by atoms with E-state index < -0.39 is 0 Å². The summed E-state index contributed by atoms with van der Waals surface area (Å²) in [5.74, 6) is 0.922. The van der Waals surface area contributed by atoms with E-state index in [-0.39, 0.29) is 0 Å². The molecule has 2 rings (SSSR count). The van der Waals surface area contributed by atoms with E-state index in [9.17, 15) is 0 Å². The molecule has 0 radical (unpaired) electrons. The van der Waals surface area contributed by atoms with Crippen LogP contribution in [0, 0.1) is 6.92 Å². The van der Waals surface area contributed by atoms with Crippen molar-refractivity contribution >= 4 is 11.4 Å². The largest absolute Gasteiger partial charge is 0.496 e. The van der Waals surface area contributed by atoms with Gasteiger partial charge in [-0.15, -0.1) is 0 Å². The monoisotopic (exact) mass is 256 g/mol. The molecular weight excluding hydrogens is 236 g/mol. The van der Waals surface area contributed by atoms with E-state index >= 15 is 0 Å². The lowest BCUT2D eigenvalue weighted by molar-refractivity contribution is 0.411. The van der Waals surface area contributed by atoms with Gasteiger partial charge in [0.2, 0.25) is 0 Å². The van der Waals surface area contributed by atoms with Crippen molar-refractivity contribution in [3.63, 3.8) is 0 Å². The minimum Gasteiger partial charge on any atom is -0.496 e. The summed E-state index contributed by atoms with van der Waals surface area (Å²) in [5.41, 5.74) is 10.2. The third-order valence-corrected chi connectivity index (χ3v) is 3.23. The molecule has 19 heavy (non-hydrogen) atoms. The highest BCUT2D eigenvalue weighted by Crippen LogP contribution is 2.24. The van der Waals surface area contributed by atoms with E-state index in [2.05, 4.69) is 24.0 Å². The Kier molecular flexibility index (Phi) is 3.95. The second-order valence-corrected chi connectivity index (χ2v) is 4.72. The Morgan fingerprint density at radius 1 is 1.16 bits per heavy atom. The summed E-state index contributed by atoms with van der Waals surface area (Å²) in [6.45, 7) is 2.87. The van der Waals surface area contributed by atoms with E-state index in [4.69, 9.17) is 10.5 Å². The molecule has 0 aromatic heterocycles. The quantitative estimate of drug-likeness (QED) is 0.854. The smallest absolute Gasteiger partial charge is 0.121 e. The predicted molar refractivity (Wildman–Crippen MR) is 80.7 cm³/mol. The molecule has 2 aromatic carbocycles. The number of nitrogens with two attached hydrogens (primary N) is 1. The molecule has 0 saturated carbocycles. The van der Waals surface area contributed by atoms with Crippen molar-refractivity contribution in [1.82, 2.24) is 0 Å². The van der Waals surface area contributed by atoms with Gasteiger partial charge in [-0.05, 0) is 36.2 Å².